The number of nitrogens with one attached hydrogen (secondary N) is 1. The molecule has 4 rings (SSSR count). The van der Waals surface area contributed by atoms with Gasteiger partial charge >= 0.3 is 5.97 Å². The second-order valence-corrected chi connectivity index (χ2v) is 8.43. The van der Waals surface area contributed by atoms with E-state index in [1.807, 2.05) is 40.6 Å². The van der Waals surface area contributed by atoms with Gasteiger partial charge in [-0.15, -0.1) is 11.3 Å². The molecule has 1 saturated heterocycles. The van der Waals surface area contributed by atoms with Crippen LogP contribution in [-0.4, -0.2) is 46.5 Å². The molecule has 27 heavy (non-hydrogen) atoms. The molecule has 2 aliphatic rings. The monoisotopic (exact) mass is 385 g/mol. The predicted octanol–water partition coefficient (Wildman–Crippen LogP) is 2.54. The third kappa shape index (κ3) is 3.49. The summed E-state index contributed by atoms with van der Waals surface area (Å²) in [6, 6.07) is 9.51. The Morgan fingerprint density at radius 2 is 2.19 bits per heavy atom. The van der Waals surface area contributed by atoms with Crippen molar-refractivity contribution in [2.75, 3.05) is 19.6 Å². The first-order valence-corrected chi connectivity index (χ1v) is 10.2. The van der Waals surface area contributed by atoms with Crippen molar-refractivity contribution in [3.05, 3.63) is 52.5 Å². The van der Waals surface area contributed by atoms with E-state index in [1.54, 1.807) is 6.20 Å². The Balaban J connectivity index is 1.45. The second kappa shape index (κ2) is 7.40. The second-order valence-electron chi connectivity index (χ2n) is 7.50. The number of carbonyl (C=O) groups is 2. The smallest absolute Gasteiger partial charge is 0.311 e. The number of fused-ring (bicyclic) bond motifs is 1. The molecule has 142 valence electrons. The summed E-state index contributed by atoms with van der Waals surface area (Å²) < 4.78 is 0. The van der Waals surface area contributed by atoms with Crippen LogP contribution in [0.3, 0.4) is 0 Å². The van der Waals surface area contributed by atoms with E-state index in [1.165, 1.54) is 11.3 Å². The van der Waals surface area contributed by atoms with Gasteiger partial charge in [-0.25, -0.2) is 4.98 Å². The fourth-order valence-corrected chi connectivity index (χ4v) is 5.30. The highest BCUT2D eigenvalue weighted by Gasteiger charge is 2.54. The van der Waals surface area contributed by atoms with Crippen LogP contribution in [0, 0.1) is 11.3 Å². The molecule has 1 unspecified atom stereocenters. The minimum absolute atomic E-state index is 0.0976. The molecule has 0 radical (unpaired) electrons. The Morgan fingerprint density at radius 3 is 2.85 bits per heavy atom. The summed E-state index contributed by atoms with van der Waals surface area (Å²) in [4.78, 5) is 30.9. The molecule has 1 aromatic carbocycles. The lowest BCUT2D eigenvalue weighted by Crippen LogP contribution is -2.40. The van der Waals surface area contributed by atoms with Crippen LogP contribution in [-0.2, 0) is 9.59 Å². The predicted molar refractivity (Wildman–Crippen MR) is 102 cm³/mol. The Morgan fingerprint density at radius 1 is 1.37 bits per heavy atom. The van der Waals surface area contributed by atoms with Gasteiger partial charge in [-0.2, -0.15) is 0 Å². The van der Waals surface area contributed by atoms with Gasteiger partial charge in [-0.1, -0.05) is 36.8 Å². The van der Waals surface area contributed by atoms with Crippen LogP contribution in [0.2, 0.25) is 0 Å². The highest BCUT2D eigenvalue weighted by atomic mass is 32.1. The van der Waals surface area contributed by atoms with Crippen molar-refractivity contribution in [2.45, 2.75) is 25.3 Å². The maximum atomic E-state index is 12.7. The third-order valence-electron chi connectivity index (χ3n) is 5.87. The van der Waals surface area contributed by atoms with E-state index in [9.17, 15) is 14.7 Å². The lowest BCUT2D eigenvalue weighted by Gasteiger charge is -2.24. The van der Waals surface area contributed by atoms with E-state index in [0.717, 1.165) is 29.8 Å². The molecule has 1 saturated carbocycles. The van der Waals surface area contributed by atoms with Crippen LogP contribution in [0.15, 0.2) is 41.9 Å². The van der Waals surface area contributed by atoms with E-state index in [0.29, 0.717) is 13.1 Å². The molecular formula is C20H23N3O3S. The maximum Gasteiger partial charge on any atom is 0.311 e. The molecule has 2 heterocycles. The number of aromatic nitrogens is 1. The number of benzene rings is 1. The first kappa shape index (κ1) is 18.1. The number of thiazole rings is 1. The molecular weight excluding hydrogens is 362 g/mol. The molecule has 0 spiro atoms. The minimum Gasteiger partial charge on any atom is -0.481 e. The number of amides is 1. The van der Waals surface area contributed by atoms with Gasteiger partial charge in [-0.3, -0.25) is 14.5 Å². The van der Waals surface area contributed by atoms with Crippen molar-refractivity contribution >= 4 is 23.2 Å². The van der Waals surface area contributed by atoms with Gasteiger partial charge in [-0.05, 0) is 24.3 Å². The molecule has 0 bridgehead atoms. The van der Waals surface area contributed by atoms with Crippen molar-refractivity contribution < 1.29 is 14.7 Å². The SMILES string of the molecule is O=C(CN1C[C@@H]2CCC[C@@]2(C(=O)O)C1)NC(c1ccccc1)c1nccs1. The quantitative estimate of drug-likeness (QED) is 0.799. The topological polar surface area (TPSA) is 82.5 Å². The highest BCUT2D eigenvalue weighted by Crippen LogP contribution is 2.48. The zero-order valence-electron chi connectivity index (χ0n) is 15.0. The van der Waals surface area contributed by atoms with E-state index in [4.69, 9.17) is 0 Å². The molecule has 6 nitrogen and oxygen atoms in total. The summed E-state index contributed by atoms with van der Waals surface area (Å²) in [5, 5.41) is 15.5. The van der Waals surface area contributed by atoms with E-state index < -0.39 is 11.4 Å². The normalized spacial score (nSPS) is 25.9. The number of carboxylic acids is 1. The van der Waals surface area contributed by atoms with Crippen molar-refractivity contribution in [1.82, 2.24) is 15.2 Å². The molecule has 2 N–H and O–H groups in total. The van der Waals surface area contributed by atoms with E-state index in [-0.39, 0.29) is 24.4 Å². The molecule has 1 aromatic heterocycles. The molecule has 7 heteroatoms. The van der Waals surface area contributed by atoms with Crippen molar-refractivity contribution in [3.63, 3.8) is 0 Å². The Hall–Kier alpha value is -2.25. The standard InChI is InChI=1S/C20H23N3O3S/c24-16(12-23-11-15-7-4-8-20(15,13-23)19(25)26)22-17(18-21-9-10-27-18)14-5-2-1-3-6-14/h1-3,5-6,9-10,15,17H,4,7-8,11-13H2,(H,22,24)(H,25,26)/t15-,17?,20+/m0/s1. The van der Waals surface area contributed by atoms with Gasteiger partial charge in [0, 0.05) is 24.7 Å². The third-order valence-corrected chi connectivity index (χ3v) is 6.71. The summed E-state index contributed by atoms with van der Waals surface area (Å²) in [5.74, 6) is -0.649. The number of rotatable bonds is 6. The number of hydrogen-bond acceptors (Lipinski definition) is 5. The summed E-state index contributed by atoms with van der Waals surface area (Å²) in [6.45, 7) is 1.38. The van der Waals surface area contributed by atoms with Gasteiger partial charge in [0.25, 0.3) is 0 Å². The summed E-state index contributed by atoms with van der Waals surface area (Å²) in [7, 11) is 0. The average Bonchev–Trinajstić information content (AvgIpc) is 3.36. The molecule has 2 fully saturated rings. The average molecular weight is 385 g/mol. The number of nitrogens with zero attached hydrogens (tertiary/aromatic N) is 2. The number of aliphatic carboxylic acids is 1. The van der Waals surface area contributed by atoms with E-state index in [2.05, 4.69) is 10.3 Å². The van der Waals surface area contributed by atoms with Crippen LogP contribution in [0.4, 0.5) is 0 Å². The maximum absolute atomic E-state index is 12.7. The first-order chi connectivity index (χ1) is 13.1. The van der Waals surface area contributed by atoms with Crippen LogP contribution >= 0.6 is 11.3 Å². The molecule has 2 aromatic rings. The van der Waals surface area contributed by atoms with E-state index >= 15 is 0 Å². The number of carbonyl (C=O) groups excluding carboxylic acids is 1. The lowest BCUT2D eigenvalue weighted by molar-refractivity contribution is -0.149. The van der Waals surface area contributed by atoms with Gasteiger partial charge < -0.3 is 10.4 Å². The van der Waals surface area contributed by atoms with Crippen LogP contribution in [0.1, 0.15) is 35.9 Å². The van der Waals surface area contributed by atoms with Gasteiger partial charge in [0.1, 0.15) is 11.0 Å². The van der Waals surface area contributed by atoms with Crippen LogP contribution in [0.25, 0.3) is 0 Å². The first-order valence-electron chi connectivity index (χ1n) is 9.28. The molecule has 1 aliphatic heterocycles. The Labute approximate surface area is 162 Å². The van der Waals surface area contributed by atoms with Gasteiger partial charge in [0.15, 0.2) is 0 Å². The number of likely N-dealkylation sites (tertiary alicyclic amines) is 1. The minimum atomic E-state index is -0.710. The zero-order chi connectivity index (χ0) is 18.9. The molecule has 1 aliphatic carbocycles. The van der Waals surface area contributed by atoms with Crippen molar-refractivity contribution in [3.8, 4) is 0 Å². The van der Waals surface area contributed by atoms with Crippen LogP contribution < -0.4 is 5.32 Å². The Kier molecular flexibility index (Phi) is 4.97. The summed E-state index contributed by atoms with van der Waals surface area (Å²) in [5.41, 5.74) is 0.329. The molecule has 1 amide bonds. The fourth-order valence-electron chi connectivity index (χ4n) is 4.58. The fraction of sp³-hybridized carbons (Fsp3) is 0.450. The van der Waals surface area contributed by atoms with Crippen LogP contribution in [0.5, 0.6) is 0 Å². The number of carboxylic acid groups (broad SMARTS) is 1. The number of hydrogen-bond donors (Lipinski definition) is 2. The Bertz CT molecular complexity index is 811. The summed E-state index contributed by atoms with van der Waals surface area (Å²) in [6.07, 6.45) is 4.37. The van der Waals surface area contributed by atoms with Gasteiger partial charge in [0.05, 0.1) is 12.0 Å². The molecule has 3 atom stereocenters. The zero-order valence-corrected chi connectivity index (χ0v) is 15.8. The summed E-state index contributed by atoms with van der Waals surface area (Å²) >= 11 is 1.51. The largest absolute Gasteiger partial charge is 0.481 e. The lowest BCUT2D eigenvalue weighted by atomic mass is 9.81. The highest BCUT2D eigenvalue weighted by molar-refractivity contribution is 7.09. The van der Waals surface area contributed by atoms with Crippen molar-refractivity contribution in [1.29, 1.82) is 0 Å². The van der Waals surface area contributed by atoms with Crippen molar-refractivity contribution in [2.24, 2.45) is 11.3 Å². The van der Waals surface area contributed by atoms with Gasteiger partial charge in [0.2, 0.25) is 5.91 Å².